The Balaban J connectivity index is 1.27. The molecule has 168 valence electrons. The quantitative estimate of drug-likeness (QED) is 0.571. The lowest BCUT2D eigenvalue weighted by molar-refractivity contribution is -0.0116. The van der Waals surface area contributed by atoms with E-state index in [1.165, 1.54) is 11.1 Å². The van der Waals surface area contributed by atoms with Crippen molar-refractivity contribution in [3.05, 3.63) is 77.9 Å². The van der Waals surface area contributed by atoms with Crippen LogP contribution >= 0.6 is 0 Å². The highest BCUT2D eigenvalue weighted by Gasteiger charge is 2.55. The van der Waals surface area contributed by atoms with E-state index in [0.29, 0.717) is 5.92 Å². The summed E-state index contributed by atoms with van der Waals surface area (Å²) in [7, 11) is 2.07. The molecule has 2 aliphatic heterocycles. The first-order valence-corrected chi connectivity index (χ1v) is 11.6. The predicted molar refractivity (Wildman–Crippen MR) is 125 cm³/mol. The van der Waals surface area contributed by atoms with E-state index in [4.69, 9.17) is 4.74 Å². The van der Waals surface area contributed by atoms with Gasteiger partial charge < -0.3 is 9.30 Å². The maximum atomic E-state index is 5.78. The van der Waals surface area contributed by atoms with Gasteiger partial charge in [0.1, 0.15) is 17.9 Å². The zero-order valence-corrected chi connectivity index (χ0v) is 19.3. The number of hydrogen-bond acceptors (Lipinski definition) is 5. The van der Waals surface area contributed by atoms with Crippen LogP contribution in [0.1, 0.15) is 36.7 Å². The largest absolute Gasteiger partial charge is 0.491 e. The van der Waals surface area contributed by atoms with Crippen molar-refractivity contribution in [2.45, 2.75) is 39.0 Å². The molecule has 2 aromatic carbocycles. The van der Waals surface area contributed by atoms with Crippen LogP contribution in [0.2, 0.25) is 0 Å². The van der Waals surface area contributed by atoms with Crippen molar-refractivity contribution < 1.29 is 4.74 Å². The van der Waals surface area contributed by atoms with Crippen LogP contribution in [0.4, 0.5) is 0 Å². The SMILES string of the molecule is CC(C)Oc1ccc(CN2CC3(CN(Cc4ccccc4)CC3c3nncn3C)C2)cc1. The second-order valence-electron chi connectivity index (χ2n) is 9.83. The van der Waals surface area contributed by atoms with Gasteiger partial charge in [-0.2, -0.15) is 0 Å². The zero-order valence-electron chi connectivity index (χ0n) is 19.3. The van der Waals surface area contributed by atoms with Crippen molar-refractivity contribution in [1.29, 1.82) is 0 Å². The summed E-state index contributed by atoms with van der Waals surface area (Å²) in [5.74, 6) is 2.48. The van der Waals surface area contributed by atoms with Crippen molar-refractivity contribution in [3.8, 4) is 5.75 Å². The topological polar surface area (TPSA) is 46.4 Å². The van der Waals surface area contributed by atoms with E-state index < -0.39 is 0 Å². The molecule has 2 aliphatic rings. The van der Waals surface area contributed by atoms with Gasteiger partial charge >= 0.3 is 0 Å². The molecule has 5 rings (SSSR count). The van der Waals surface area contributed by atoms with Crippen LogP contribution in [-0.2, 0) is 20.1 Å². The number of nitrogens with zero attached hydrogens (tertiary/aromatic N) is 5. The summed E-state index contributed by atoms with van der Waals surface area (Å²) in [6.07, 6.45) is 2.04. The molecule has 1 aromatic heterocycles. The molecule has 0 bridgehead atoms. The lowest BCUT2D eigenvalue weighted by Crippen LogP contribution is -2.59. The van der Waals surface area contributed by atoms with E-state index in [1.807, 2.05) is 6.33 Å². The van der Waals surface area contributed by atoms with Gasteiger partial charge in [0.15, 0.2) is 0 Å². The van der Waals surface area contributed by atoms with Gasteiger partial charge in [-0.05, 0) is 37.1 Å². The van der Waals surface area contributed by atoms with Gasteiger partial charge in [0, 0.05) is 57.6 Å². The monoisotopic (exact) mass is 431 g/mol. The van der Waals surface area contributed by atoms with Gasteiger partial charge in [-0.1, -0.05) is 42.5 Å². The minimum atomic E-state index is 0.204. The van der Waals surface area contributed by atoms with Gasteiger partial charge in [-0.25, -0.2) is 0 Å². The van der Waals surface area contributed by atoms with Gasteiger partial charge in [0.25, 0.3) is 0 Å². The second kappa shape index (κ2) is 8.68. The number of benzene rings is 2. The van der Waals surface area contributed by atoms with Crippen molar-refractivity contribution in [2.75, 3.05) is 26.2 Å². The molecular weight excluding hydrogens is 398 g/mol. The molecule has 1 unspecified atom stereocenters. The molecule has 3 heterocycles. The first kappa shape index (κ1) is 21.2. The van der Waals surface area contributed by atoms with E-state index >= 15 is 0 Å². The highest BCUT2D eigenvalue weighted by molar-refractivity contribution is 5.28. The van der Waals surface area contributed by atoms with Crippen molar-refractivity contribution >= 4 is 0 Å². The molecular formula is C26H33N5O. The molecule has 0 amide bonds. The fourth-order valence-electron chi connectivity index (χ4n) is 5.48. The number of likely N-dealkylation sites (tertiary alicyclic amines) is 2. The molecule has 0 N–H and O–H groups in total. The van der Waals surface area contributed by atoms with Crippen LogP contribution in [0.25, 0.3) is 0 Å². The third kappa shape index (κ3) is 4.30. The number of ether oxygens (including phenoxy) is 1. The predicted octanol–water partition coefficient (Wildman–Crippen LogP) is 3.70. The summed E-state index contributed by atoms with van der Waals surface area (Å²) in [6, 6.07) is 19.4. The zero-order chi connectivity index (χ0) is 22.1. The lowest BCUT2D eigenvalue weighted by Gasteiger charge is -2.51. The second-order valence-corrected chi connectivity index (χ2v) is 9.83. The van der Waals surface area contributed by atoms with E-state index in [2.05, 4.69) is 100 Å². The Morgan fingerprint density at radius 3 is 2.25 bits per heavy atom. The van der Waals surface area contributed by atoms with Gasteiger partial charge in [-0.3, -0.25) is 9.80 Å². The van der Waals surface area contributed by atoms with Crippen LogP contribution in [0, 0.1) is 5.41 Å². The lowest BCUT2D eigenvalue weighted by atomic mass is 9.71. The summed E-state index contributed by atoms with van der Waals surface area (Å²) in [6.45, 7) is 10.4. The van der Waals surface area contributed by atoms with Gasteiger partial charge in [0.2, 0.25) is 0 Å². The van der Waals surface area contributed by atoms with Crippen molar-refractivity contribution in [3.63, 3.8) is 0 Å². The third-order valence-corrected chi connectivity index (χ3v) is 6.80. The van der Waals surface area contributed by atoms with E-state index in [0.717, 1.165) is 50.8 Å². The molecule has 1 atom stereocenters. The van der Waals surface area contributed by atoms with Crippen LogP contribution in [0.3, 0.4) is 0 Å². The average molecular weight is 432 g/mol. The molecule has 0 radical (unpaired) electrons. The molecule has 32 heavy (non-hydrogen) atoms. The number of aromatic nitrogens is 3. The van der Waals surface area contributed by atoms with Crippen LogP contribution in [0.15, 0.2) is 60.9 Å². The van der Waals surface area contributed by atoms with E-state index in [9.17, 15) is 0 Å². The molecule has 2 saturated heterocycles. The number of rotatable bonds is 7. The van der Waals surface area contributed by atoms with Crippen LogP contribution in [-0.4, -0.2) is 56.8 Å². The standard InChI is InChI=1S/C26H33N5O/c1-20(2)32-23-11-9-22(10-12-23)14-31-17-26(18-31)16-30(13-21-7-5-4-6-8-21)15-24(26)25-28-27-19-29(25)3/h4-12,19-20,24H,13-18H2,1-3H3. The van der Waals surface area contributed by atoms with E-state index in [1.54, 1.807) is 0 Å². The third-order valence-electron chi connectivity index (χ3n) is 6.80. The Hall–Kier alpha value is -2.70. The summed E-state index contributed by atoms with van der Waals surface area (Å²) >= 11 is 0. The maximum absolute atomic E-state index is 5.78. The van der Waals surface area contributed by atoms with Crippen LogP contribution in [0.5, 0.6) is 5.75 Å². The molecule has 0 saturated carbocycles. The van der Waals surface area contributed by atoms with Crippen molar-refractivity contribution in [1.82, 2.24) is 24.6 Å². The first-order valence-electron chi connectivity index (χ1n) is 11.6. The molecule has 3 aromatic rings. The van der Waals surface area contributed by atoms with Crippen molar-refractivity contribution in [2.24, 2.45) is 12.5 Å². The van der Waals surface area contributed by atoms with E-state index in [-0.39, 0.29) is 11.5 Å². The van der Waals surface area contributed by atoms with Gasteiger partial charge in [0.05, 0.1) is 6.10 Å². The average Bonchev–Trinajstić information content (AvgIpc) is 3.33. The number of hydrogen-bond donors (Lipinski definition) is 0. The summed E-state index contributed by atoms with van der Waals surface area (Å²) in [5, 5.41) is 8.70. The molecule has 0 aliphatic carbocycles. The Bertz CT molecular complexity index is 1020. The summed E-state index contributed by atoms with van der Waals surface area (Å²) < 4.78 is 7.89. The number of aryl methyl sites for hydroxylation is 1. The molecule has 6 nitrogen and oxygen atoms in total. The fraction of sp³-hybridized carbons (Fsp3) is 0.462. The Kier molecular flexibility index (Phi) is 5.74. The molecule has 1 spiro atoms. The summed E-state index contributed by atoms with van der Waals surface area (Å²) in [5.41, 5.74) is 2.96. The fourth-order valence-corrected chi connectivity index (χ4v) is 5.48. The minimum Gasteiger partial charge on any atom is -0.491 e. The Labute approximate surface area is 190 Å². The normalized spacial score (nSPS) is 20.7. The maximum Gasteiger partial charge on any atom is 0.137 e. The molecule has 2 fully saturated rings. The first-order chi connectivity index (χ1) is 15.5. The van der Waals surface area contributed by atoms with Crippen LogP contribution < -0.4 is 4.74 Å². The Morgan fingerprint density at radius 2 is 1.59 bits per heavy atom. The Morgan fingerprint density at radius 1 is 0.938 bits per heavy atom. The summed E-state index contributed by atoms with van der Waals surface area (Å²) in [4.78, 5) is 5.16. The molecule has 6 heteroatoms. The highest BCUT2D eigenvalue weighted by Crippen LogP contribution is 2.49. The minimum absolute atomic E-state index is 0.204. The smallest absolute Gasteiger partial charge is 0.137 e. The highest BCUT2D eigenvalue weighted by atomic mass is 16.5. The van der Waals surface area contributed by atoms with Gasteiger partial charge in [-0.15, -0.1) is 10.2 Å².